The van der Waals surface area contributed by atoms with Gasteiger partial charge in [0.25, 0.3) is 0 Å². The lowest BCUT2D eigenvalue weighted by Crippen LogP contribution is -2.36. The van der Waals surface area contributed by atoms with Crippen LogP contribution >= 0.6 is 11.8 Å². The normalized spacial score (nSPS) is 34.6. The Balaban J connectivity index is 1.44. The van der Waals surface area contributed by atoms with Crippen molar-refractivity contribution in [3.8, 4) is 0 Å². The molecule has 1 atom stereocenters. The van der Waals surface area contributed by atoms with Crippen LogP contribution in [-0.2, 0) is 0 Å². The number of hydrogen-bond donors (Lipinski definition) is 1. The molecule has 15 heavy (non-hydrogen) atoms. The fourth-order valence-electron chi connectivity index (χ4n) is 2.67. The third kappa shape index (κ3) is 2.51. The van der Waals surface area contributed by atoms with Gasteiger partial charge in [-0.25, -0.2) is 0 Å². The fraction of sp³-hybridized carbons (Fsp3) is 1.00. The summed E-state index contributed by atoms with van der Waals surface area (Å²) in [5, 5.41) is 3.76. The molecule has 3 aliphatic rings. The first-order chi connectivity index (χ1) is 7.30. The van der Waals surface area contributed by atoms with Crippen LogP contribution in [0, 0.1) is 0 Å². The van der Waals surface area contributed by atoms with E-state index in [-0.39, 0.29) is 0 Å². The molecule has 3 heteroatoms. The van der Waals surface area contributed by atoms with E-state index < -0.39 is 0 Å². The number of rotatable bonds is 5. The van der Waals surface area contributed by atoms with Gasteiger partial charge in [-0.15, -0.1) is 0 Å². The maximum absolute atomic E-state index is 3.76. The van der Waals surface area contributed by atoms with Crippen LogP contribution in [0.5, 0.6) is 0 Å². The van der Waals surface area contributed by atoms with E-state index in [2.05, 4.69) is 28.2 Å². The van der Waals surface area contributed by atoms with E-state index >= 15 is 0 Å². The standard InChI is InChI=1S/C12H22N2S/c1-15-12(5-6-12)9-14-7-4-11(8-14)13-10-2-3-10/h10-11,13H,2-9H2,1H3. The Hall–Kier alpha value is 0.270. The highest BCUT2D eigenvalue weighted by molar-refractivity contribution is 8.00. The Morgan fingerprint density at radius 3 is 2.67 bits per heavy atom. The van der Waals surface area contributed by atoms with Crippen LogP contribution in [0.15, 0.2) is 0 Å². The highest BCUT2D eigenvalue weighted by Crippen LogP contribution is 2.47. The van der Waals surface area contributed by atoms with Gasteiger partial charge in [0.15, 0.2) is 0 Å². The lowest BCUT2D eigenvalue weighted by molar-refractivity contribution is 0.323. The first kappa shape index (κ1) is 10.4. The van der Waals surface area contributed by atoms with Crippen molar-refractivity contribution in [2.45, 2.75) is 48.9 Å². The van der Waals surface area contributed by atoms with Crippen molar-refractivity contribution in [2.75, 3.05) is 25.9 Å². The summed E-state index contributed by atoms with van der Waals surface area (Å²) in [6, 6.07) is 1.68. The Morgan fingerprint density at radius 1 is 1.27 bits per heavy atom. The molecule has 0 amide bonds. The second-order valence-corrected chi connectivity index (χ2v) is 6.82. The molecule has 1 heterocycles. The largest absolute Gasteiger partial charge is 0.310 e. The third-order valence-corrected chi connectivity index (χ3v) is 5.48. The zero-order chi connectivity index (χ0) is 10.3. The van der Waals surface area contributed by atoms with Crippen LogP contribution in [-0.4, -0.2) is 47.6 Å². The van der Waals surface area contributed by atoms with E-state index in [0.29, 0.717) is 4.75 Å². The molecule has 0 radical (unpaired) electrons. The van der Waals surface area contributed by atoms with Gasteiger partial charge in [0.2, 0.25) is 0 Å². The van der Waals surface area contributed by atoms with Crippen LogP contribution in [0.25, 0.3) is 0 Å². The van der Waals surface area contributed by atoms with Crippen LogP contribution in [0.1, 0.15) is 32.1 Å². The molecule has 1 saturated heterocycles. The number of nitrogens with one attached hydrogen (secondary N) is 1. The molecular weight excluding hydrogens is 204 g/mol. The molecule has 86 valence electrons. The molecule has 2 saturated carbocycles. The van der Waals surface area contributed by atoms with E-state index in [0.717, 1.165) is 12.1 Å². The Morgan fingerprint density at radius 2 is 2.07 bits per heavy atom. The Kier molecular flexibility index (Phi) is 2.74. The minimum atomic E-state index is 0.661. The van der Waals surface area contributed by atoms with Gasteiger partial charge in [-0.2, -0.15) is 11.8 Å². The molecule has 1 aliphatic heterocycles. The molecule has 0 aromatic rings. The highest BCUT2D eigenvalue weighted by atomic mass is 32.2. The van der Waals surface area contributed by atoms with Gasteiger partial charge in [-0.3, -0.25) is 0 Å². The number of hydrogen-bond acceptors (Lipinski definition) is 3. The maximum Gasteiger partial charge on any atom is 0.0285 e. The molecule has 2 nitrogen and oxygen atoms in total. The average Bonchev–Trinajstić information content (AvgIpc) is 3.11. The SMILES string of the molecule is CSC1(CN2CCC(NC3CC3)C2)CC1. The molecule has 0 bridgehead atoms. The molecule has 0 aromatic carbocycles. The van der Waals surface area contributed by atoms with Gasteiger partial charge in [-0.1, -0.05) is 0 Å². The summed E-state index contributed by atoms with van der Waals surface area (Å²) in [5.41, 5.74) is 0. The van der Waals surface area contributed by atoms with E-state index in [1.165, 1.54) is 51.7 Å². The van der Waals surface area contributed by atoms with E-state index in [1.807, 2.05) is 0 Å². The summed E-state index contributed by atoms with van der Waals surface area (Å²) in [6.45, 7) is 3.97. The summed E-state index contributed by atoms with van der Waals surface area (Å²) in [4.78, 5) is 2.68. The first-order valence-electron chi connectivity index (χ1n) is 6.33. The predicted octanol–water partition coefficient (Wildman–Crippen LogP) is 1.71. The molecular formula is C12H22N2S. The van der Waals surface area contributed by atoms with Crippen LogP contribution in [0.2, 0.25) is 0 Å². The van der Waals surface area contributed by atoms with Crippen molar-refractivity contribution >= 4 is 11.8 Å². The number of thioether (sulfide) groups is 1. The highest BCUT2D eigenvalue weighted by Gasteiger charge is 2.44. The van der Waals surface area contributed by atoms with Gasteiger partial charge in [0, 0.05) is 29.9 Å². The quantitative estimate of drug-likeness (QED) is 0.768. The zero-order valence-corrected chi connectivity index (χ0v) is 10.5. The topological polar surface area (TPSA) is 15.3 Å². The minimum absolute atomic E-state index is 0.661. The van der Waals surface area contributed by atoms with Gasteiger partial charge in [0.1, 0.15) is 0 Å². The molecule has 2 aliphatic carbocycles. The molecule has 0 spiro atoms. The molecule has 1 unspecified atom stereocenters. The maximum atomic E-state index is 3.76. The van der Waals surface area contributed by atoms with Gasteiger partial charge in [0.05, 0.1) is 0 Å². The lowest BCUT2D eigenvalue weighted by Gasteiger charge is -2.22. The summed E-state index contributed by atoms with van der Waals surface area (Å²) in [6.07, 6.45) is 9.40. The number of nitrogens with zero attached hydrogens (tertiary/aromatic N) is 1. The van der Waals surface area contributed by atoms with Crippen molar-refractivity contribution < 1.29 is 0 Å². The fourth-order valence-corrected chi connectivity index (χ4v) is 3.49. The third-order valence-electron chi connectivity index (χ3n) is 4.07. The summed E-state index contributed by atoms with van der Waals surface area (Å²) < 4.78 is 0.661. The monoisotopic (exact) mass is 226 g/mol. The number of likely N-dealkylation sites (tertiary alicyclic amines) is 1. The van der Waals surface area contributed by atoms with Gasteiger partial charge in [-0.05, 0) is 44.9 Å². The van der Waals surface area contributed by atoms with Crippen molar-refractivity contribution in [1.82, 2.24) is 10.2 Å². The van der Waals surface area contributed by atoms with E-state index in [9.17, 15) is 0 Å². The molecule has 3 fully saturated rings. The second kappa shape index (κ2) is 3.94. The summed E-state index contributed by atoms with van der Waals surface area (Å²) in [7, 11) is 0. The predicted molar refractivity (Wildman–Crippen MR) is 66.5 cm³/mol. The van der Waals surface area contributed by atoms with Crippen LogP contribution in [0.3, 0.4) is 0 Å². The van der Waals surface area contributed by atoms with Crippen molar-refractivity contribution in [2.24, 2.45) is 0 Å². The van der Waals surface area contributed by atoms with Crippen LogP contribution in [0.4, 0.5) is 0 Å². The smallest absolute Gasteiger partial charge is 0.0285 e. The van der Waals surface area contributed by atoms with E-state index in [1.54, 1.807) is 0 Å². The first-order valence-corrected chi connectivity index (χ1v) is 7.56. The summed E-state index contributed by atoms with van der Waals surface area (Å²) >= 11 is 2.09. The minimum Gasteiger partial charge on any atom is -0.310 e. The van der Waals surface area contributed by atoms with Crippen molar-refractivity contribution in [3.05, 3.63) is 0 Å². The van der Waals surface area contributed by atoms with Crippen LogP contribution < -0.4 is 5.32 Å². The Bertz CT molecular complexity index is 236. The zero-order valence-electron chi connectivity index (χ0n) is 9.67. The molecule has 3 rings (SSSR count). The van der Waals surface area contributed by atoms with Gasteiger partial charge >= 0.3 is 0 Å². The lowest BCUT2D eigenvalue weighted by atomic mass is 10.2. The van der Waals surface area contributed by atoms with Crippen molar-refractivity contribution in [3.63, 3.8) is 0 Å². The molecule has 1 N–H and O–H groups in total. The van der Waals surface area contributed by atoms with Crippen molar-refractivity contribution in [1.29, 1.82) is 0 Å². The second-order valence-electron chi connectivity index (χ2n) is 5.55. The average molecular weight is 226 g/mol. The molecule has 0 aromatic heterocycles. The summed E-state index contributed by atoms with van der Waals surface area (Å²) in [5.74, 6) is 0. The van der Waals surface area contributed by atoms with Gasteiger partial charge < -0.3 is 10.2 Å². The Labute approximate surface area is 97.2 Å². The van der Waals surface area contributed by atoms with E-state index in [4.69, 9.17) is 0 Å².